The molecule has 0 bridgehead atoms. The molecule has 2 unspecified atom stereocenters. The maximum absolute atomic E-state index is 13.6. The highest BCUT2D eigenvalue weighted by molar-refractivity contribution is 5.88. The van der Waals surface area contributed by atoms with Crippen LogP contribution in [0.15, 0.2) is 24.3 Å². The molecule has 24 heavy (non-hydrogen) atoms. The van der Waals surface area contributed by atoms with E-state index in [0.717, 1.165) is 31.5 Å². The van der Waals surface area contributed by atoms with Crippen LogP contribution < -0.4 is 0 Å². The minimum Gasteiger partial charge on any atom is -0.381 e. The molecule has 4 heteroatoms. The van der Waals surface area contributed by atoms with Gasteiger partial charge < -0.3 is 14.5 Å². The number of likely N-dealkylation sites (tertiary alicyclic amines) is 1. The Kier molecular flexibility index (Phi) is 4.97. The molecule has 3 rings (SSSR count). The molecule has 0 aliphatic carbocycles. The van der Waals surface area contributed by atoms with Crippen molar-refractivity contribution in [2.75, 3.05) is 40.4 Å². The Bertz CT molecular complexity index is 576. The van der Waals surface area contributed by atoms with Crippen LogP contribution in [-0.4, -0.2) is 62.1 Å². The Morgan fingerprint density at radius 1 is 1.17 bits per heavy atom. The van der Waals surface area contributed by atoms with Crippen molar-refractivity contribution in [2.24, 2.45) is 5.92 Å². The highest BCUT2D eigenvalue weighted by atomic mass is 16.5. The number of rotatable bonds is 3. The van der Waals surface area contributed by atoms with Crippen molar-refractivity contribution in [1.29, 1.82) is 0 Å². The summed E-state index contributed by atoms with van der Waals surface area (Å²) < 4.78 is 5.58. The van der Waals surface area contributed by atoms with Crippen molar-refractivity contribution >= 4 is 5.91 Å². The van der Waals surface area contributed by atoms with Gasteiger partial charge in [0.1, 0.15) is 0 Å². The smallest absolute Gasteiger partial charge is 0.233 e. The fraction of sp³-hybridized carbons (Fsp3) is 0.650. The Morgan fingerprint density at radius 2 is 1.79 bits per heavy atom. The van der Waals surface area contributed by atoms with Crippen molar-refractivity contribution in [3.8, 4) is 0 Å². The van der Waals surface area contributed by atoms with E-state index in [9.17, 15) is 4.79 Å². The lowest BCUT2D eigenvalue weighted by atomic mass is 9.73. The van der Waals surface area contributed by atoms with Gasteiger partial charge in [-0.1, -0.05) is 36.8 Å². The minimum absolute atomic E-state index is 0.297. The summed E-state index contributed by atoms with van der Waals surface area (Å²) in [5.41, 5.74) is 1.98. The number of nitrogens with zero attached hydrogens (tertiary/aromatic N) is 2. The first-order valence-electron chi connectivity index (χ1n) is 9.05. The Morgan fingerprint density at radius 3 is 2.33 bits per heavy atom. The van der Waals surface area contributed by atoms with Crippen molar-refractivity contribution < 1.29 is 9.53 Å². The number of likely N-dealkylation sites (N-methyl/N-ethyl adjacent to an activating group) is 1. The van der Waals surface area contributed by atoms with Crippen LogP contribution in [0.2, 0.25) is 0 Å². The summed E-state index contributed by atoms with van der Waals surface area (Å²) in [5.74, 6) is 0.810. The van der Waals surface area contributed by atoms with Gasteiger partial charge in [0.25, 0.3) is 0 Å². The predicted molar refractivity (Wildman–Crippen MR) is 96.1 cm³/mol. The van der Waals surface area contributed by atoms with Gasteiger partial charge in [0.15, 0.2) is 0 Å². The number of ether oxygens (including phenoxy) is 1. The third-order valence-corrected chi connectivity index (χ3v) is 5.88. The topological polar surface area (TPSA) is 32.8 Å². The standard InChI is InChI=1S/C20H30N2O2/c1-15-5-7-17(8-6-15)20(9-11-24-12-10-20)19(23)22-13-16(2)18(14-22)21(3)4/h5-8,16,18H,9-14H2,1-4H3. The summed E-state index contributed by atoms with van der Waals surface area (Å²) >= 11 is 0. The molecule has 0 spiro atoms. The monoisotopic (exact) mass is 330 g/mol. The number of hydrogen-bond donors (Lipinski definition) is 0. The molecule has 1 amide bonds. The van der Waals surface area contributed by atoms with Gasteiger partial charge in [-0.25, -0.2) is 0 Å². The molecule has 1 aromatic rings. The maximum Gasteiger partial charge on any atom is 0.233 e. The van der Waals surface area contributed by atoms with E-state index in [-0.39, 0.29) is 0 Å². The highest BCUT2D eigenvalue weighted by Gasteiger charge is 2.46. The van der Waals surface area contributed by atoms with Gasteiger partial charge in [0.05, 0.1) is 5.41 Å². The number of hydrogen-bond acceptors (Lipinski definition) is 3. The van der Waals surface area contributed by atoms with Crippen molar-refractivity contribution in [1.82, 2.24) is 9.80 Å². The molecule has 0 radical (unpaired) electrons. The van der Waals surface area contributed by atoms with Gasteiger partial charge in [0, 0.05) is 32.3 Å². The fourth-order valence-electron chi connectivity index (χ4n) is 4.31. The normalized spacial score (nSPS) is 26.8. The Hall–Kier alpha value is -1.39. The summed E-state index contributed by atoms with van der Waals surface area (Å²) in [6, 6.07) is 8.97. The van der Waals surface area contributed by atoms with E-state index in [1.807, 2.05) is 0 Å². The van der Waals surface area contributed by atoms with E-state index in [0.29, 0.717) is 31.1 Å². The molecule has 2 aliphatic heterocycles. The van der Waals surface area contributed by atoms with E-state index in [1.54, 1.807) is 0 Å². The van der Waals surface area contributed by atoms with E-state index >= 15 is 0 Å². The zero-order valence-electron chi connectivity index (χ0n) is 15.4. The predicted octanol–water partition coefficient (Wildman–Crippen LogP) is 2.45. The molecule has 2 heterocycles. The number of benzene rings is 1. The summed E-state index contributed by atoms with van der Waals surface area (Å²) in [6.45, 7) is 7.37. The van der Waals surface area contributed by atoms with Crippen LogP contribution in [0.5, 0.6) is 0 Å². The lowest BCUT2D eigenvalue weighted by molar-refractivity contribution is -0.140. The molecule has 2 saturated heterocycles. The van der Waals surface area contributed by atoms with Crippen LogP contribution in [0.4, 0.5) is 0 Å². The number of aryl methyl sites for hydroxylation is 1. The quantitative estimate of drug-likeness (QED) is 0.853. The molecule has 2 fully saturated rings. The minimum atomic E-state index is -0.410. The number of carbonyl (C=O) groups is 1. The van der Waals surface area contributed by atoms with Gasteiger partial charge in [-0.15, -0.1) is 0 Å². The molecule has 0 N–H and O–H groups in total. The first kappa shape index (κ1) is 17.4. The van der Waals surface area contributed by atoms with Crippen molar-refractivity contribution in [3.05, 3.63) is 35.4 Å². The fourth-order valence-corrected chi connectivity index (χ4v) is 4.31. The average molecular weight is 330 g/mol. The first-order chi connectivity index (χ1) is 11.4. The van der Waals surface area contributed by atoms with Crippen LogP contribution >= 0.6 is 0 Å². The molecule has 1 aromatic carbocycles. The summed E-state index contributed by atoms with van der Waals surface area (Å²) in [5, 5.41) is 0. The molecule has 2 aliphatic rings. The Labute approximate surface area is 145 Å². The van der Waals surface area contributed by atoms with Crippen LogP contribution in [0, 0.1) is 12.8 Å². The summed E-state index contributed by atoms with van der Waals surface area (Å²) in [4.78, 5) is 17.9. The van der Waals surface area contributed by atoms with Gasteiger partial charge in [0.2, 0.25) is 5.91 Å². The molecule has 132 valence electrons. The zero-order chi connectivity index (χ0) is 17.3. The molecular formula is C20H30N2O2. The lowest BCUT2D eigenvalue weighted by Gasteiger charge is -2.39. The van der Waals surface area contributed by atoms with Crippen LogP contribution in [0.3, 0.4) is 0 Å². The molecule has 4 nitrogen and oxygen atoms in total. The van der Waals surface area contributed by atoms with E-state index in [4.69, 9.17) is 4.74 Å². The number of amides is 1. The second-order valence-electron chi connectivity index (χ2n) is 7.78. The first-order valence-corrected chi connectivity index (χ1v) is 9.05. The van der Waals surface area contributed by atoms with Crippen molar-refractivity contribution in [3.63, 3.8) is 0 Å². The second kappa shape index (κ2) is 6.85. The third-order valence-electron chi connectivity index (χ3n) is 5.88. The van der Waals surface area contributed by atoms with Crippen LogP contribution in [0.1, 0.15) is 30.9 Å². The third kappa shape index (κ3) is 3.09. The highest BCUT2D eigenvalue weighted by Crippen LogP contribution is 2.38. The molecular weight excluding hydrogens is 300 g/mol. The van der Waals surface area contributed by atoms with E-state index in [2.05, 4.69) is 62.0 Å². The van der Waals surface area contributed by atoms with E-state index < -0.39 is 5.41 Å². The SMILES string of the molecule is Cc1ccc(C2(C(=O)N3CC(C)C(N(C)C)C3)CCOCC2)cc1. The average Bonchev–Trinajstić information content (AvgIpc) is 2.97. The zero-order valence-corrected chi connectivity index (χ0v) is 15.4. The van der Waals surface area contributed by atoms with Crippen LogP contribution in [-0.2, 0) is 14.9 Å². The maximum atomic E-state index is 13.6. The van der Waals surface area contributed by atoms with Gasteiger partial charge >= 0.3 is 0 Å². The Balaban J connectivity index is 1.89. The largest absolute Gasteiger partial charge is 0.381 e. The molecule has 2 atom stereocenters. The van der Waals surface area contributed by atoms with Gasteiger partial charge in [-0.3, -0.25) is 4.79 Å². The van der Waals surface area contributed by atoms with E-state index in [1.165, 1.54) is 5.56 Å². The van der Waals surface area contributed by atoms with Crippen LogP contribution in [0.25, 0.3) is 0 Å². The molecule has 0 aromatic heterocycles. The van der Waals surface area contributed by atoms with Gasteiger partial charge in [-0.05, 0) is 45.3 Å². The summed E-state index contributed by atoms with van der Waals surface area (Å²) in [7, 11) is 4.22. The van der Waals surface area contributed by atoms with Crippen molar-refractivity contribution in [2.45, 2.75) is 38.1 Å². The second-order valence-corrected chi connectivity index (χ2v) is 7.78. The van der Waals surface area contributed by atoms with Gasteiger partial charge in [-0.2, -0.15) is 0 Å². The summed E-state index contributed by atoms with van der Waals surface area (Å²) in [6.07, 6.45) is 1.57. The number of carbonyl (C=O) groups excluding carboxylic acids is 1. The lowest BCUT2D eigenvalue weighted by Crippen LogP contribution is -2.49. The molecule has 0 saturated carbocycles.